The number of fused-ring (bicyclic) bond motifs is 2. The van der Waals surface area contributed by atoms with Gasteiger partial charge < -0.3 is 9.32 Å². The zero-order valence-electron chi connectivity index (χ0n) is 13.2. The number of aryl methyl sites for hydroxylation is 1. The number of hydrogen-bond acceptors (Lipinski definition) is 3. The van der Waals surface area contributed by atoms with Gasteiger partial charge in [0.05, 0.1) is 17.0 Å². The number of benzene rings is 2. The molecule has 1 atom stereocenters. The van der Waals surface area contributed by atoms with Crippen molar-refractivity contribution in [1.82, 2.24) is 4.90 Å². The van der Waals surface area contributed by atoms with Crippen LogP contribution >= 0.6 is 11.6 Å². The number of hydrogen-bond donors (Lipinski definition) is 0. The van der Waals surface area contributed by atoms with E-state index < -0.39 is 6.04 Å². The Kier molecular flexibility index (Phi) is 3.25. The van der Waals surface area contributed by atoms with Crippen LogP contribution < -0.4 is 5.43 Å². The lowest BCUT2D eigenvalue weighted by Gasteiger charge is -2.20. The van der Waals surface area contributed by atoms with Gasteiger partial charge in [0.25, 0.3) is 5.91 Å². The fourth-order valence-corrected chi connectivity index (χ4v) is 3.36. The van der Waals surface area contributed by atoms with Crippen molar-refractivity contribution in [2.24, 2.45) is 0 Å². The van der Waals surface area contributed by atoms with Crippen molar-refractivity contribution in [3.63, 3.8) is 0 Å². The zero-order chi connectivity index (χ0) is 17.0. The first-order valence-electron chi connectivity index (χ1n) is 7.57. The summed E-state index contributed by atoms with van der Waals surface area (Å²) in [5, 5.41) is 1.10. The second-order valence-electron chi connectivity index (χ2n) is 6.04. The SMILES string of the molecule is Cc1ccc2oc3c(c(=O)c2c1)[C@@H](c1ccc(Cl)cc1)N(C)C3=O. The third kappa shape index (κ3) is 2.07. The van der Waals surface area contributed by atoms with E-state index in [0.717, 1.165) is 11.1 Å². The van der Waals surface area contributed by atoms with E-state index >= 15 is 0 Å². The molecule has 2 aromatic carbocycles. The lowest BCUT2D eigenvalue weighted by molar-refractivity contribution is 0.0771. The molecule has 0 unspecified atom stereocenters. The Hall–Kier alpha value is -2.59. The lowest BCUT2D eigenvalue weighted by Crippen LogP contribution is -2.25. The van der Waals surface area contributed by atoms with Crippen LogP contribution in [0.15, 0.2) is 51.7 Å². The van der Waals surface area contributed by atoms with Crippen LogP contribution in [0.4, 0.5) is 0 Å². The maximum atomic E-state index is 13.0. The molecule has 0 spiro atoms. The van der Waals surface area contributed by atoms with Crippen molar-refractivity contribution in [2.75, 3.05) is 7.05 Å². The molecular formula is C19H14ClNO3. The summed E-state index contributed by atoms with van der Waals surface area (Å²) in [5.74, 6) is -0.164. The quantitative estimate of drug-likeness (QED) is 0.675. The van der Waals surface area contributed by atoms with Gasteiger partial charge in [-0.2, -0.15) is 0 Å². The molecule has 0 N–H and O–H groups in total. The van der Waals surface area contributed by atoms with Crippen LogP contribution in [0.2, 0.25) is 5.02 Å². The monoisotopic (exact) mass is 339 g/mol. The minimum Gasteiger partial charge on any atom is -0.450 e. The molecule has 0 saturated carbocycles. The summed E-state index contributed by atoms with van der Waals surface area (Å²) < 4.78 is 5.78. The number of halogens is 1. The minimum atomic E-state index is -0.467. The predicted octanol–water partition coefficient (Wildman–Crippen LogP) is 3.93. The first-order chi connectivity index (χ1) is 11.5. The molecule has 24 heavy (non-hydrogen) atoms. The van der Waals surface area contributed by atoms with Crippen LogP contribution in [0.3, 0.4) is 0 Å². The molecule has 4 rings (SSSR count). The smallest absolute Gasteiger partial charge is 0.290 e. The van der Waals surface area contributed by atoms with E-state index in [-0.39, 0.29) is 17.1 Å². The summed E-state index contributed by atoms with van der Waals surface area (Å²) in [7, 11) is 1.67. The van der Waals surface area contributed by atoms with Crippen molar-refractivity contribution in [1.29, 1.82) is 0 Å². The summed E-state index contributed by atoms with van der Waals surface area (Å²) in [6, 6.07) is 12.1. The molecule has 3 aromatic rings. The second-order valence-corrected chi connectivity index (χ2v) is 6.48. The Labute approximate surface area is 143 Å². The molecule has 4 nitrogen and oxygen atoms in total. The molecule has 0 saturated heterocycles. The van der Waals surface area contributed by atoms with Gasteiger partial charge in [0.1, 0.15) is 5.58 Å². The Bertz CT molecular complexity index is 1040. The van der Waals surface area contributed by atoms with Gasteiger partial charge in [0.2, 0.25) is 5.76 Å². The summed E-state index contributed by atoms with van der Waals surface area (Å²) in [6.45, 7) is 1.92. The normalized spacial score (nSPS) is 16.7. The fraction of sp³-hybridized carbons (Fsp3) is 0.158. The highest BCUT2D eigenvalue weighted by molar-refractivity contribution is 6.30. The molecule has 0 radical (unpaired) electrons. The van der Waals surface area contributed by atoms with E-state index in [1.807, 2.05) is 25.1 Å². The van der Waals surface area contributed by atoms with Crippen LogP contribution in [0.5, 0.6) is 0 Å². The summed E-state index contributed by atoms with van der Waals surface area (Å²) in [6.07, 6.45) is 0. The predicted molar refractivity (Wildman–Crippen MR) is 92.6 cm³/mol. The Morgan fingerprint density at radius 1 is 1.08 bits per heavy atom. The van der Waals surface area contributed by atoms with E-state index in [1.54, 1.807) is 31.3 Å². The molecular weight excluding hydrogens is 326 g/mol. The van der Waals surface area contributed by atoms with Crippen molar-refractivity contribution >= 4 is 28.5 Å². The zero-order valence-corrected chi connectivity index (χ0v) is 13.9. The number of rotatable bonds is 1. The largest absolute Gasteiger partial charge is 0.450 e. The molecule has 0 bridgehead atoms. The maximum Gasteiger partial charge on any atom is 0.290 e. The van der Waals surface area contributed by atoms with Crippen LogP contribution in [-0.2, 0) is 0 Å². The summed E-state index contributed by atoms with van der Waals surface area (Å²) >= 11 is 5.95. The van der Waals surface area contributed by atoms with Gasteiger partial charge in [-0.05, 0) is 36.8 Å². The topological polar surface area (TPSA) is 50.5 Å². The average molecular weight is 340 g/mol. The summed E-state index contributed by atoms with van der Waals surface area (Å²) in [4.78, 5) is 27.2. The van der Waals surface area contributed by atoms with Gasteiger partial charge in [0.15, 0.2) is 5.43 Å². The van der Waals surface area contributed by atoms with E-state index in [0.29, 0.717) is 21.6 Å². The molecule has 1 aliphatic heterocycles. The van der Waals surface area contributed by atoms with Crippen LogP contribution in [0, 0.1) is 6.92 Å². The third-order valence-corrected chi connectivity index (χ3v) is 4.69. The Balaban J connectivity index is 2.03. The van der Waals surface area contributed by atoms with E-state index in [2.05, 4.69) is 0 Å². The first-order valence-corrected chi connectivity index (χ1v) is 7.95. The van der Waals surface area contributed by atoms with Crippen molar-refractivity contribution in [3.8, 4) is 0 Å². The minimum absolute atomic E-state index is 0.124. The number of amides is 1. The van der Waals surface area contributed by atoms with E-state index in [9.17, 15) is 9.59 Å². The fourth-order valence-electron chi connectivity index (χ4n) is 3.24. The molecule has 120 valence electrons. The molecule has 0 fully saturated rings. The van der Waals surface area contributed by atoms with Gasteiger partial charge in [-0.3, -0.25) is 9.59 Å². The number of nitrogens with zero attached hydrogens (tertiary/aromatic N) is 1. The molecule has 2 heterocycles. The Morgan fingerprint density at radius 2 is 1.79 bits per heavy atom. The highest BCUT2D eigenvalue weighted by Gasteiger charge is 2.40. The Morgan fingerprint density at radius 3 is 2.50 bits per heavy atom. The van der Waals surface area contributed by atoms with Crippen LogP contribution in [0.25, 0.3) is 11.0 Å². The third-order valence-electron chi connectivity index (χ3n) is 4.44. The second kappa shape index (κ2) is 5.21. The van der Waals surface area contributed by atoms with Gasteiger partial charge in [-0.25, -0.2) is 0 Å². The standard InChI is InChI=1S/C19H14ClNO3/c1-10-3-8-14-13(9-10)17(22)15-16(11-4-6-12(20)7-5-11)21(2)19(23)18(15)24-14/h3-9,16H,1-2H3/t16-/m1/s1. The van der Waals surface area contributed by atoms with E-state index in [4.69, 9.17) is 16.0 Å². The molecule has 1 aliphatic rings. The summed E-state index contributed by atoms with van der Waals surface area (Å²) in [5.41, 5.74) is 2.46. The van der Waals surface area contributed by atoms with Crippen LogP contribution in [0.1, 0.15) is 33.3 Å². The molecule has 5 heteroatoms. The van der Waals surface area contributed by atoms with Crippen molar-refractivity contribution in [2.45, 2.75) is 13.0 Å². The number of carbonyl (C=O) groups excluding carboxylic acids is 1. The number of carbonyl (C=O) groups is 1. The molecule has 1 aromatic heterocycles. The van der Waals surface area contributed by atoms with Crippen LogP contribution in [-0.4, -0.2) is 17.9 Å². The first kappa shape index (κ1) is 15.0. The van der Waals surface area contributed by atoms with Gasteiger partial charge in [-0.1, -0.05) is 35.4 Å². The van der Waals surface area contributed by atoms with Gasteiger partial charge in [0, 0.05) is 12.1 Å². The van der Waals surface area contributed by atoms with Crippen molar-refractivity contribution in [3.05, 3.63) is 80.2 Å². The molecule has 0 aliphatic carbocycles. The lowest BCUT2D eigenvalue weighted by atomic mass is 9.98. The highest BCUT2D eigenvalue weighted by Crippen LogP contribution is 2.37. The average Bonchev–Trinajstić information content (AvgIpc) is 2.82. The van der Waals surface area contributed by atoms with Crippen molar-refractivity contribution < 1.29 is 9.21 Å². The highest BCUT2D eigenvalue weighted by atomic mass is 35.5. The van der Waals surface area contributed by atoms with Gasteiger partial charge in [-0.15, -0.1) is 0 Å². The van der Waals surface area contributed by atoms with Gasteiger partial charge >= 0.3 is 0 Å². The van der Waals surface area contributed by atoms with E-state index in [1.165, 1.54) is 4.90 Å². The molecule has 1 amide bonds. The maximum absolute atomic E-state index is 13.0.